The molecule has 2 amide bonds. The second kappa shape index (κ2) is 12.7. The van der Waals surface area contributed by atoms with Gasteiger partial charge in [-0.15, -0.1) is 0 Å². The molecular weight excluding hydrogens is 598 g/mol. The average Bonchev–Trinajstić information content (AvgIpc) is 2.93. The lowest BCUT2D eigenvalue weighted by atomic mass is 10.1. The van der Waals surface area contributed by atoms with Crippen LogP contribution < -0.4 is 16.4 Å². The summed E-state index contributed by atoms with van der Waals surface area (Å²) in [5.41, 5.74) is 8.02. The van der Waals surface area contributed by atoms with E-state index in [2.05, 4.69) is 26.6 Å². The molecule has 2 unspecified atom stereocenters. The van der Waals surface area contributed by atoms with E-state index in [0.29, 0.717) is 21.3 Å². The number of nitrogens with two attached hydrogens (primary N) is 1. The van der Waals surface area contributed by atoms with E-state index in [1.54, 1.807) is 43.3 Å². The molecule has 0 bridgehead atoms. The monoisotopic (exact) mass is 627 g/mol. The van der Waals surface area contributed by atoms with Crippen LogP contribution in [0.4, 0.5) is 5.69 Å². The summed E-state index contributed by atoms with van der Waals surface area (Å²) in [6, 6.07) is 20.2. The molecule has 0 radical (unpaired) electrons. The lowest BCUT2D eigenvalue weighted by Gasteiger charge is -2.32. The van der Waals surface area contributed by atoms with Crippen molar-refractivity contribution in [3.05, 3.63) is 94.0 Å². The van der Waals surface area contributed by atoms with Crippen LogP contribution in [-0.4, -0.2) is 50.1 Å². The molecule has 1 fully saturated rings. The number of nitrogens with zero attached hydrogens (tertiary/aromatic N) is 1. The van der Waals surface area contributed by atoms with E-state index in [-0.39, 0.29) is 36.5 Å². The van der Waals surface area contributed by atoms with Gasteiger partial charge in [0.05, 0.1) is 23.6 Å². The highest BCUT2D eigenvalue weighted by molar-refractivity contribution is 9.10. The summed E-state index contributed by atoms with van der Waals surface area (Å²) in [5.74, 6) is -1.07. The van der Waals surface area contributed by atoms with Crippen molar-refractivity contribution in [2.45, 2.75) is 30.4 Å². The quantitative estimate of drug-likeness (QED) is 0.161. The molecule has 1 heterocycles. The SMILES string of the molecule is CC(NC(=O)CC(=O)Nc1ccc(C(=N)N)cc1)c1ccc(S(=O)(=O)N2CCOC(c3ccccc3)C2)c(Br)c1. The third-order valence-electron chi connectivity index (χ3n) is 6.45. The fourth-order valence-electron chi connectivity index (χ4n) is 4.31. The molecule has 0 spiro atoms. The maximum absolute atomic E-state index is 13.5. The first kappa shape index (κ1) is 29.4. The standard InChI is InChI=1S/C28H30BrN5O5S/c1-18(32-26(35)16-27(36)33-22-10-7-20(8-11-22)28(30)31)21-9-12-25(23(29)15-21)40(37,38)34-13-14-39-24(17-34)19-5-3-2-4-6-19/h2-12,15,18,24H,13-14,16-17H2,1H3,(H3,30,31)(H,32,35)(H,33,36). The topological polar surface area (TPSA) is 155 Å². The Bertz CT molecular complexity index is 1500. The Labute approximate surface area is 241 Å². The van der Waals surface area contributed by atoms with Gasteiger partial charge in [-0.3, -0.25) is 15.0 Å². The van der Waals surface area contributed by atoms with Crippen LogP contribution in [-0.2, 0) is 24.3 Å². The highest BCUT2D eigenvalue weighted by atomic mass is 79.9. The summed E-state index contributed by atoms with van der Waals surface area (Å²) in [6.07, 6.45) is -0.749. The lowest BCUT2D eigenvalue weighted by molar-refractivity contribution is -0.127. The van der Waals surface area contributed by atoms with Gasteiger partial charge in [0.2, 0.25) is 21.8 Å². The van der Waals surface area contributed by atoms with Crippen LogP contribution in [0.15, 0.2) is 82.2 Å². The second-order valence-electron chi connectivity index (χ2n) is 9.33. The first-order valence-electron chi connectivity index (χ1n) is 12.5. The van der Waals surface area contributed by atoms with Crippen LogP contribution >= 0.6 is 15.9 Å². The number of rotatable bonds is 9. The molecule has 3 aromatic rings. The van der Waals surface area contributed by atoms with Crippen molar-refractivity contribution in [1.82, 2.24) is 9.62 Å². The molecule has 0 saturated carbocycles. The lowest BCUT2D eigenvalue weighted by Crippen LogP contribution is -2.42. The van der Waals surface area contributed by atoms with Gasteiger partial charge in [-0.25, -0.2) is 8.42 Å². The minimum atomic E-state index is -3.80. The molecule has 3 aromatic carbocycles. The Morgan fingerprint density at radius 1 is 1.10 bits per heavy atom. The molecule has 10 nitrogen and oxygen atoms in total. The van der Waals surface area contributed by atoms with Gasteiger partial charge in [0.25, 0.3) is 0 Å². The molecule has 1 aliphatic rings. The number of hydrogen-bond donors (Lipinski definition) is 4. The number of hydrogen-bond acceptors (Lipinski definition) is 6. The maximum Gasteiger partial charge on any atom is 0.244 e. The van der Waals surface area contributed by atoms with E-state index in [1.807, 2.05) is 30.3 Å². The smallest absolute Gasteiger partial charge is 0.244 e. The number of ether oxygens (including phenoxy) is 1. The molecule has 12 heteroatoms. The summed E-state index contributed by atoms with van der Waals surface area (Å²) in [7, 11) is -3.80. The Balaban J connectivity index is 1.36. The van der Waals surface area contributed by atoms with Crippen LogP contribution in [0.5, 0.6) is 0 Å². The Morgan fingerprint density at radius 2 is 1.80 bits per heavy atom. The normalized spacial score (nSPS) is 16.6. The van der Waals surface area contributed by atoms with Crippen molar-refractivity contribution in [1.29, 1.82) is 5.41 Å². The Kier molecular flexibility index (Phi) is 9.36. The molecule has 40 heavy (non-hydrogen) atoms. The predicted octanol–water partition coefficient (Wildman–Crippen LogP) is 3.70. The van der Waals surface area contributed by atoms with Gasteiger partial charge in [-0.2, -0.15) is 4.31 Å². The van der Waals surface area contributed by atoms with Gasteiger partial charge < -0.3 is 21.1 Å². The largest absolute Gasteiger partial charge is 0.384 e. The number of nitrogens with one attached hydrogen (secondary N) is 3. The van der Waals surface area contributed by atoms with Crippen LogP contribution in [0.2, 0.25) is 0 Å². The zero-order valence-electron chi connectivity index (χ0n) is 21.8. The zero-order chi connectivity index (χ0) is 28.9. The predicted molar refractivity (Wildman–Crippen MR) is 155 cm³/mol. The number of carbonyl (C=O) groups excluding carboxylic acids is 2. The number of carbonyl (C=O) groups is 2. The summed E-state index contributed by atoms with van der Waals surface area (Å²) >= 11 is 3.40. The van der Waals surface area contributed by atoms with Gasteiger partial charge >= 0.3 is 0 Å². The molecule has 0 aromatic heterocycles. The van der Waals surface area contributed by atoms with Gasteiger partial charge in [0.15, 0.2) is 0 Å². The molecule has 4 rings (SSSR count). The van der Waals surface area contributed by atoms with Crippen molar-refractivity contribution in [3.8, 4) is 0 Å². The zero-order valence-corrected chi connectivity index (χ0v) is 24.2. The minimum Gasteiger partial charge on any atom is -0.384 e. The molecule has 5 N–H and O–H groups in total. The fraction of sp³-hybridized carbons (Fsp3) is 0.250. The van der Waals surface area contributed by atoms with E-state index in [0.717, 1.165) is 5.56 Å². The minimum absolute atomic E-state index is 0.0821. The fourth-order valence-corrected chi connectivity index (χ4v) is 6.79. The van der Waals surface area contributed by atoms with Crippen LogP contribution in [0, 0.1) is 5.41 Å². The van der Waals surface area contributed by atoms with Gasteiger partial charge in [0, 0.05) is 28.8 Å². The molecule has 2 atom stereocenters. The third kappa shape index (κ3) is 7.13. The number of amides is 2. The van der Waals surface area contributed by atoms with E-state index in [1.165, 1.54) is 10.4 Å². The number of halogens is 1. The van der Waals surface area contributed by atoms with Gasteiger partial charge in [-0.1, -0.05) is 36.4 Å². The van der Waals surface area contributed by atoms with Gasteiger partial charge in [0.1, 0.15) is 12.3 Å². The highest BCUT2D eigenvalue weighted by Gasteiger charge is 2.33. The van der Waals surface area contributed by atoms with Crippen molar-refractivity contribution in [3.63, 3.8) is 0 Å². The van der Waals surface area contributed by atoms with Crippen molar-refractivity contribution >= 4 is 49.3 Å². The van der Waals surface area contributed by atoms with Gasteiger partial charge in [-0.05, 0) is 70.4 Å². The number of benzene rings is 3. The molecular formula is C28H30BrN5O5S. The van der Waals surface area contributed by atoms with E-state index >= 15 is 0 Å². The van der Waals surface area contributed by atoms with Crippen molar-refractivity contribution in [2.75, 3.05) is 25.0 Å². The summed E-state index contributed by atoms with van der Waals surface area (Å²) < 4.78 is 34.6. The highest BCUT2D eigenvalue weighted by Crippen LogP contribution is 2.31. The number of morpholine rings is 1. The van der Waals surface area contributed by atoms with Crippen LogP contribution in [0.25, 0.3) is 0 Å². The Morgan fingerprint density at radius 3 is 2.45 bits per heavy atom. The van der Waals surface area contributed by atoms with E-state index in [4.69, 9.17) is 15.9 Å². The summed E-state index contributed by atoms with van der Waals surface area (Å²) in [4.78, 5) is 24.9. The first-order chi connectivity index (χ1) is 19.0. The van der Waals surface area contributed by atoms with Crippen LogP contribution in [0.1, 0.15) is 42.2 Å². The van der Waals surface area contributed by atoms with E-state index < -0.39 is 34.3 Å². The first-order valence-corrected chi connectivity index (χ1v) is 14.8. The number of nitrogen functional groups attached to an aromatic ring is 1. The third-order valence-corrected chi connectivity index (χ3v) is 9.29. The maximum atomic E-state index is 13.5. The summed E-state index contributed by atoms with van der Waals surface area (Å²) in [6.45, 7) is 2.48. The van der Waals surface area contributed by atoms with Crippen molar-refractivity contribution in [2.24, 2.45) is 5.73 Å². The summed E-state index contributed by atoms with van der Waals surface area (Å²) in [5, 5.41) is 12.8. The molecule has 0 aliphatic carbocycles. The number of anilines is 1. The number of amidine groups is 1. The molecule has 1 saturated heterocycles. The van der Waals surface area contributed by atoms with E-state index in [9.17, 15) is 18.0 Å². The van der Waals surface area contributed by atoms with Crippen molar-refractivity contribution < 1.29 is 22.7 Å². The molecule has 1 aliphatic heterocycles. The van der Waals surface area contributed by atoms with Crippen LogP contribution in [0.3, 0.4) is 0 Å². The molecule has 210 valence electrons. The Hall–Kier alpha value is -3.58. The second-order valence-corrected chi connectivity index (χ2v) is 12.1. The number of sulfonamides is 1. The average molecular weight is 629 g/mol.